The van der Waals surface area contributed by atoms with Gasteiger partial charge in [0.15, 0.2) is 0 Å². The Balaban J connectivity index is 3.26. The number of primary amides is 1. The van der Waals surface area contributed by atoms with Crippen LogP contribution in [0.25, 0.3) is 0 Å². The zero-order valence-corrected chi connectivity index (χ0v) is 8.82. The highest BCUT2D eigenvalue weighted by molar-refractivity contribution is 5.73. The molecule has 84 valence electrons. The van der Waals surface area contributed by atoms with Crippen LogP contribution in [-0.4, -0.2) is 42.9 Å². The molecule has 1 amide bonds. The van der Waals surface area contributed by atoms with Crippen LogP contribution in [0.15, 0.2) is 0 Å². The third-order valence-corrected chi connectivity index (χ3v) is 1.55. The van der Waals surface area contributed by atoms with E-state index >= 15 is 0 Å². The minimum atomic E-state index is -0.537. The molecule has 0 bridgehead atoms. The van der Waals surface area contributed by atoms with Gasteiger partial charge in [-0.2, -0.15) is 0 Å². The van der Waals surface area contributed by atoms with Crippen LogP contribution in [0.2, 0.25) is 0 Å². The summed E-state index contributed by atoms with van der Waals surface area (Å²) < 4.78 is 5.20. The second-order valence-corrected chi connectivity index (χ2v) is 3.46. The van der Waals surface area contributed by atoms with Gasteiger partial charge in [-0.25, -0.2) is 0 Å². The molecule has 0 aliphatic carbocycles. The van der Waals surface area contributed by atoms with Gasteiger partial charge in [-0.05, 0) is 13.8 Å². The Bertz CT molecular complexity index is 162. The molecule has 0 saturated carbocycles. The maximum Gasteiger partial charge on any atom is 0.218 e. The fraction of sp³-hybridized carbons (Fsp3) is 0.889. The van der Waals surface area contributed by atoms with E-state index in [4.69, 9.17) is 10.5 Å². The molecule has 0 rings (SSSR count). The number of nitrogens with one attached hydrogen (secondary N) is 1. The molecule has 14 heavy (non-hydrogen) atoms. The first-order valence-corrected chi connectivity index (χ1v) is 4.81. The quantitative estimate of drug-likeness (QED) is 0.454. The lowest BCUT2D eigenvalue weighted by atomic mass is 10.3. The topological polar surface area (TPSA) is 84.6 Å². The molecule has 0 aromatic rings. The summed E-state index contributed by atoms with van der Waals surface area (Å²) in [5.74, 6) is -0.342. The molecular weight excluding hydrogens is 184 g/mol. The van der Waals surface area contributed by atoms with E-state index in [0.29, 0.717) is 19.7 Å². The van der Waals surface area contributed by atoms with Gasteiger partial charge in [-0.3, -0.25) is 4.79 Å². The molecule has 0 saturated heterocycles. The van der Waals surface area contributed by atoms with E-state index in [0.717, 1.165) is 0 Å². The lowest BCUT2D eigenvalue weighted by molar-refractivity contribution is -0.117. The van der Waals surface area contributed by atoms with E-state index in [2.05, 4.69) is 5.32 Å². The molecule has 1 unspecified atom stereocenters. The summed E-state index contributed by atoms with van der Waals surface area (Å²) in [5.41, 5.74) is 4.94. The molecule has 0 aromatic carbocycles. The highest BCUT2D eigenvalue weighted by Crippen LogP contribution is 1.90. The van der Waals surface area contributed by atoms with E-state index < -0.39 is 6.10 Å². The minimum absolute atomic E-state index is 0.121. The Kier molecular flexibility index (Phi) is 7.37. The maximum atomic E-state index is 10.4. The Hall–Kier alpha value is -0.650. The molecule has 1 atom stereocenters. The van der Waals surface area contributed by atoms with Gasteiger partial charge in [0, 0.05) is 19.5 Å². The number of carbonyl (C=O) groups is 1. The lowest BCUT2D eigenvalue weighted by Gasteiger charge is -2.13. The molecular formula is C9H20N2O3. The van der Waals surface area contributed by atoms with Gasteiger partial charge in [0.1, 0.15) is 0 Å². The van der Waals surface area contributed by atoms with Crippen molar-refractivity contribution in [2.45, 2.75) is 32.5 Å². The number of nitrogens with two attached hydrogens (primary N) is 1. The summed E-state index contributed by atoms with van der Waals surface area (Å²) in [6.07, 6.45) is -0.127. The van der Waals surface area contributed by atoms with Crippen molar-refractivity contribution in [3.63, 3.8) is 0 Å². The van der Waals surface area contributed by atoms with Crippen molar-refractivity contribution < 1.29 is 14.6 Å². The van der Waals surface area contributed by atoms with Gasteiger partial charge in [0.2, 0.25) is 5.91 Å². The molecule has 0 fully saturated rings. The van der Waals surface area contributed by atoms with Crippen molar-refractivity contribution in [2.75, 3.05) is 19.7 Å². The third kappa shape index (κ3) is 9.44. The molecule has 4 N–H and O–H groups in total. The molecule has 0 aromatic heterocycles. The summed E-state index contributed by atoms with van der Waals surface area (Å²) in [6, 6.07) is 0. The minimum Gasteiger partial charge on any atom is -0.389 e. The molecule has 5 nitrogen and oxygen atoms in total. The Morgan fingerprint density at radius 3 is 2.71 bits per heavy atom. The van der Waals surface area contributed by atoms with Crippen molar-refractivity contribution in [1.82, 2.24) is 5.32 Å². The molecule has 0 radical (unpaired) electrons. The van der Waals surface area contributed by atoms with Crippen LogP contribution in [0, 0.1) is 0 Å². The number of hydrogen-bond donors (Lipinski definition) is 3. The average Bonchev–Trinajstić information content (AvgIpc) is 2.08. The van der Waals surface area contributed by atoms with Crippen molar-refractivity contribution in [3.05, 3.63) is 0 Å². The van der Waals surface area contributed by atoms with E-state index in [1.165, 1.54) is 0 Å². The van der Waals surface area contributed by atoms with Crippen molar-refractivity contribution in [2.24, 2.45) is 5.73 Å². The van der Waals surface area contributed by atoms with Crippen LogP contribution >= 0.6 is 0 Å². The number of hydrogen-bond acceptors (Lipinski definition) is 4. The number of amides is 1. The molecule has 5 heteroatoms. The zero-order valence-electron chi connectivity index (χ0n) is 8.82. The van der Waals surface area contributed by atoms with E-state index in [1.807, 2.05) is 13.8 Å². The van der Waals surface area contributed by atoms with Crippen LogP contribution < -0.4 is 11.1 Å². The summed E-state index contributed by atoms with van der Waals surface area (Å²) in [5, 5.41) is 12.3. The maximum absolute atomic E-state index is 10.4. The third-order valence-electron chi connectivity index (χ3n) is 1.55. The van der Waals surface area contributed by atoms with Gasteiger partial charge in [-0.1, -0.05) is 0 Å². The summed E-state index contributed by atoms with van der Waals surface area (Å²) in [6.45, 7) is 5.04. The van der Waals surface area contributed by atoms with Crippen molar-refractivity contribution >= 4 is 5.91 Å². The fourth-order valence-corrected chi connectivity index (χ4v) is 0.843. The number of ether oxygens (including phenoxy) is 1. The van der Waals surface area contributed by atoms with Gasteiger partial charge < -0.3 is 20.9 Å². The normalized spacial score (nSPS) is 13.1. The number of carbonyl (C=O) groups excluding carboxylic acids is 1. The molecule has 0 aliphatic heterocycles. The number of aliphatic hydroxyl groups excluding tert-OH is 1. The van der Waals surface area contributed by atoms with E-state index in [9.17, 15) is 9.90 Å². The largest absolute Gasteiger partial charge is 0.389 e. The molecule has 0 aliphatic rings. The fourth-order valence-electron chi connectivity index (χ4n) is 0.843. The van der Waals surface area contributed by atoms with Crippen LogP contribution in [0.4, 0.5) is 0 Å². The van der Waals surface area contributed by atoms with Crippen LogP contribution in [-0.2, 0) is 9.53 Å². The SMILES string of the molecule is CC(C)OCC(O)CNCCC(N)=O. The second kappa shape index (κ2) is 7.73. The van der Waals surface area contributed by atoms with E-state index in [-0.39, 0.29) is 18.4 Å². The smallest absolute Gasteiger partial charge is 0.218 e. The van der Waals surface area contributed by atoms with Gasteiger partial charge in [0.05, 0.1) is 18.8 Å². The van der Waals surface area contributed by atoms with Crippen molar-refractivity contribution in [1.29, 1.82) is 0 Å². The number of aliphatic hydroxyl groups is 1. The van der Waals surface area contributed by atoms with Gasteiger partial charge in [0.25, 0.3) is 0 Å². The summed E-state index contributed by atoms with van der Waals surface area (Å²) in [4.78, 5) is 10.4. The second-order valence-electron chi connectivity index (χ2n) is 3.46. The first-order valence-electron chi connectivity index (χ1n) is 4.81. The molecule has 0 heterocycles. The van der Waals surface area contributed by atoms with Gasteiger partial charge >= 0.3 is 0 Å². The summed E-state index contributed by atoms with van der Waals surface area (Å²) >= 11 is 0. The number of rotatable bonds is 8. The highest BCUT2D eigenvalue weighted by atomic mass is 16.5. The lowest BCUT2D eigenvalue weighted by Crippen LogP contribution is -2.33. The predicted molar refractivity (Wildman–Crippen MR) is 53.8 cm³/mol. The first-order chi connectivity index (χ1) is 6.52. The van der Waals surface area contributed by atoms with Crippen LogP contribution in [0.5, 0.6) is 0 Å². The predicted octanol–water partition coefficient (Wildman–Crippen LogP) is -0.763. The monoisotopic (exact) mass is 204 g/mol. The highest BCUT2D eigenvalue weighted by Gasteiger charge is 2.04. The summed E-state index contributed by atoms with van der Waals surface area (Å²) in [7, 11) is 0. The Morgan fingerprint density at radius 1 is 1.57 bits per heavy atom. The van der Waals surface area contributed by atoms with Crippen LogP contribution in [0.1, 0.15) is 20.3 Å². The molecule has 0 spiro atoms. The average molecular weight is 204 g/mol. The first kappa shape index (κ1) is 13.4. The standard InChI is InChI=1S/C9H20N2O3/c1-7(2)14-6-8(12)5-11-4-3-9(10)13/h7-8,11-12H,3-6H2,1-2H3,(H2,10,13). The van der Waals surface area contributed by atoms with Gasteiger partial charge in [-0.15, -0.1) is 0 Å². The van der Waals surface area contributed by atoms with Crippen LogP contribution in [0.3, 0.4) is 0 Å². The van der Waals surface area contributed by atoms with E-state index in [1.54, 1.807) is 0 Å². The zero-order chi connectivity index (χ0) is 11.0. The van der Waals surface area contributed by atoms with Crippen molar-refractivity contribution in [3.8, 4) is 0 Å². The Labute approximate surface area is 84.6 Å². The Morgan fingerprint density at radius 2 is 2.21 bits per heavy atom.